The standard InChI is InChI=1S/C20H21N3O2S/c1-2-5-15-7-9-16(10-8-15)19(17-6-3-13-26-17)22-18(24)14-23-12-4-11-21-20(23)25/h3-4,6-13,19H,2,5,14H2,1H3,(H,22,24). The van der Waals surface area contributed by atoms with Gasteiger partial charge >= 0.3 is 5.69 Å². The number of amides is 1. The second-order valence-corrected chi connectivity index (χ2v) is 7.02. The van der Waals surface area contributed by atoms with Gasteiger partial charge in [-0.15, -0.1) is 11.3 Å². The minimum absolute atomic E-state index is 0.0531. The first kappa shape index (κ1) is 18.1. The van der Waals surface area contributed by atoms with E-state index in [1.807, 2.05) is 17.5 Å². The highest BCUT2D eigenvalue weighted by molar-refractivity contribution is 7.10. The zero-order valence-electron chi connectivity index (χ0n) is 14.6. The van der Waals surface area contributed by atoms with Crippen LogP contribution in [0.4, 0.5) is 0 Å². The summed E-state index contributed by atoms with van der Waals surface area (Å²) in [6.07, 6.45) is 5.13. The zero-order chi connectivity index (χ0) is 18.4. The number of rotatable bonds is 7. The first-order valence-corrected chi connectivity index (χ1v) is 9.48. The molecule has 0 aliphatic heterocycles. The van der Waals surface area contributed by atoms with E-state index in [1.54, 1.807) is 23.6 Å². The highest BCUT2D eigenvalue weighted by Crippen LogP contribution is 2.26. The Morgan fingerprint density at radius 1 is 1.23 bits per heavy atom. The number of hydrogen-bond acceptors (Lipinski definition) is 4. The third-order valence-electron chi connectivity index (χ3n) is 4.08. The predicted molar refractivity (Wildman–Crippen MR) is 103 cm³/mol. The fourth-order valence-electron chi connectivity index (χ4n) is 2.81. The van der Waals surface area contributed by atoms with Gasteiger partial charge in [-0.25, -0.2) is 9.78 Å². The summed E-state index contributed by atoms with van der Waals surface area (Å²) >= 11 is 1.60. The topological polar surface area (TPSA) is 64.0 Å². The Balaban J connectivity index is 1.80. The van der Waals surface area contributed by atoms with Crippen LogP contribution in [-0.2, 0) is 17.8 Å². The largest absolute Gasteiger partial charge is 0.347 e. The Labute approximate surface area is 156 Å². The first-order valence-electron chi connectivity index (χ1n) is 8.60. The summed E-state index contributed by atoms with van der Waals surface area (Å²) in [6.45, 7) is 2.10. The van der Waals surface area contributed by atoms with Crippen LogP contribution in [0.1, 0.15) is 35.4 Å². The SMILES string of the molecule is CCCc1ccc(C(NC(=O)Cn2cccnc2=O)c2cccs2)cc1. The maximum atomic E-state index is 12.5. The van der Waals surface area contributed by atoms with Gasteiger partial charge in [0, 0.05) is 17.3 Å². The molecule has 134 valence electrons. The molecule has 0 aliphatic carbocycles. The summed E-state index contributed by atoms with van der Waals surface area (Å²) in [4.78, 5) is 29.0. The minimum atomic E-state index is -0.431. The quantitative estimate of drug-likeness (QED) is 0.698. The van der Waals surface area contributed by atoms with Crippen molar-refractivity contribution in [1.29, 1.82) is 0 Å². The molecule has 0 fully saturated rings. The molecule has 5 nitrogen and oxygen atoms in total. The van der Waals surface area contributed by atoms with Crippen molar-refractivity contribution in [3.05, 3.63) is 86.7 Å². The van der Waals surface area contributed by atoms with E-state index in [0.717, 1.165) is 23.3 Å². The molecule has 26 heavy (non-hydrogen) atoms. The van der Waals surface area contributed by atoms with E-state index in [1.165, 1.54) is 16.3 Å². The van der Waals surface area contributed by atoms with E-state index in [4.69, 9.17) is 0 Å². The first-order chi connectivity index (χ1) is 12.7. The number of nitrogens with zero attached hydrogens (tertiary/aromatic N) is 2. The second kappa shape index (κ2) is 8.58. The molecule has 3 aromatic rings. The van der Waals surface area contributed by atoms with Crippen molar-refractivity contribution >= 4 is 17.2 Å². The van der Waals surface area contributed by atoms with Crippen molar-refractivity contribution in [3.8, 4) is 0 Å². The van der Waals surface area contributed by atoms with Gasteiger partial charge in [-0.05, 0) is 35.1 Å². The molecule has 1 unspecified atom stereocenters. The molecule has 0 spiro atoms. The summed E-state index contributed by atoms with van der Waals surface area (Å²) in [5.41, 5.74) is 1.88. The van der Waals surface area contributed by atoms with Gasteiger partial charge in [-0.3, -0.25) is 9.36 Å². The van der Waals surface area contributed by atoms with Crippen molar-refractivity contribution in [2.45, 2.75) is 32.4 Å². The fraction of sp³-hybridized carbons (Fsp3) is 0.250. The summed E-state index contributed by atoms with van der Waals surface area (Å²) in [6, 6.07) is 13.7. The highest BCUT2D eigenvalue weighted by Gasteiger charge is 2.18. The maximum Gasteiger partial charge on any atom is 0.347 e. The third kappa shape index (κ3) is 4.46. The van der Waals surface area contributed by atoms with Gasteiger partial charge < -0.3 is 5.32 Å². The van der Waals surface area contributed by atoms with Crippen LogP contribution in [0, 0.1) is 0 Å². The van der Waals surface area contributed by atoms with Crippen molar-refractivity contribution in [3.63, 3.8) is 0 Å². The molecule has 6 heteroatoms. The van der Waals surface area contributed by atoms with Crippen LogP contribution in [0.3, 0.4) is 0 Å². The van der Waals surface area contributed by atoms with E-state index < -0.39 is 5.69 Å². The van der Waals surface area contributed by atoms with Crippen LogP contribution in [0.2, 0.25) is 0 Å². The number of carbonyl (C=O) groups excluding carboxylic acids is 1. The Morgan fingerprint density at radius 2 is 2.04 bits per heavy atom. The number of hydrogen-bond donors (Lipinski definition) is 1. The summed E-state index contributed by atoms with van der Waals surface area (Å²) in [7, 11) is 0. The molecule has 2 heterocycles. The molecule has 0 saturated carbocycles. The van der Waals surface area contributed by atoms with Crippen LogP contribution in [0.25, 0.3) is 0 Å². The monoisotopic (exact) mass is 367 g/mol. The van der Waals surface area contributed by atoms with Crippen molar-refractivity contribution in [2.24, 2.45) is 0 Å². The molecule has 1 aromatic carbocycles. The number of aryl methyl sites for hydroxylation is 1. The molecular weight excluding hydrogens is 346 g/mol. The summed E-state index contributed by atoms with van der Waals surface area (Å²) in [5, 5.41) is 5.04. The number of thiophene rings is 1. The van der Waals surface area contributed by atoms with E-state index in [0.29, 0.717) is 0 Å². The maximum absolute atomic E-state index is 12.5. The number of benzene rings is 1. The summed E-state index contributed by atoms with van der Waals surface area (Å²) in [5.74, 6) is -0.226. The van der Waals surface area contributed by atoms with Gasteiger partial charge in [-0.1, -0.05) is 43.7 Å². The van der Waals surface area contributed by atoms with Crippen molar-refractivity contribution in [1.82, 2.24) is 14.9 Å². The van der Waals surface area contributed by atoms with Gasteiger partial charge in [0.2, 0.25) is 5.91 Å². The molecule has 0 bridgehead atoms. The molecule has 1 N–H and O–H groups in total. The van der Waals surface area contributed by atoms with Crippen LogP contribution in [0.5, 0.6) is 0 Å². The van der Waals surface area contributed by atoms with Gasteiger partial charge in [0.05, 0.1) is 6.04 Å². The van der Waals surface area contributed by atoms with Crippen molar-refractivity contribution < 1.29 is 4.79 Å². The van der Waals surface area contributed by atoms with E-state index >= 15 is 0 Å². The second-order valence-electron chi connectivity index (χ2n) is 6.04. The van der Waals surface area contributed by atoms with Crippen LogP contribution in [0.15, 0.2) is 65.0 Å². The lowest BCUT2D eigenvalue weighted by Gasteiger charge is -2.19. The Bertz CT molecular complexity index is 901. The molecule has 0 radical (unpaired) electrons. The van der Waals surface area contributed by atoms with Gasteiger partial charge in [0.1, 0.15) is 6.54 Å². The third-order valence-corrected chi connectivity index (χ3v) is 5.02. The molecule has 1 atom stereocenters. The molecule has 2 aromatic heterocycles. The molecule has 0 aliphatic rings. The van der Waals surface area contributed by atoms with E-state index in [2.05, 4.69) is 41.5 Å². The fourth-order valence-corrected chi connectivity index (χ4v) is 3.61. The average molecular weight is 367 g/mol. The van der Waals surface area contributed by atoms with E-state index in [-0.39, 0.29) is 18.5 Å². The van der Waals surface area contributed by atoms with Crippen molar-refractivity contribution in [2.75, 3.05) is 0 Å². The van der Waals surface area contributed by atoms with Crippen LogP contribution >= 0.6 is 11.3 Å². The smallest absolute Gasteiger partial charge is 0.343 e. The molecule has 1 amide bonds. The minimum Gasteiger partial charge on any atom is -0.343 e. The predicted octanol–water partition coefficient (Wildman–Crippen LogP) is 3.16. The number of carbonyl (C=O) groups is 1. The number of aromatic nitrogens is 2. The van der Waals surface area contributed by atoms with Gasteiger partial charge in [-0.2, -0.15) is 0 Å². The lowest BCUT2D eigenvalue weighted by Crippen LogP contribution is -2.35. The van der Waals surface area contributed by atoms with Crippen LogP contribution < -0.4 is 11.0 Å². The average Bonchev–Trinajstić information content (AvgIpc) is 3.17. The summed E-state index contributed by atoms with van der Waals surface area (Å²) < 4.78 is 1.30. The van der Waals surface area contributed by atoms with E-state index in [9.17, 15) is 9.59 Å². The molecular formula is C20H21N3O2S. The Kier molecular flexibility index (Phi) is 5.96. The van der Waals surface area contributed by atoms with Crippen LogP contribution in [-0.4, -0.2) is 15.5 Å². The molecule has 3 rings (SSSR count). The lowest BCUT2D eigenvalue weighted by molar-refractivity contribution is -0.122. The number of nitrogens with one attached hydrogen (secondary N) is 1. The molecule has 0 saturated heterocycles. The Hall–Kier alpha value is -2.73. The Morgan fingerprint density at radius 3 is 2.69 bits per heavy atom. The van der Waals surface area contributed by atoms with Gasteiger partial charge in [0.25, 0.3) is 0 Å². The lowest BCUT2D eigenvalue weighted by atomic mass is 10.0. The highest BCUT2D eigenvalue weighted by atomic mass is 32.1. The zero-order valence-corrected chi connectivity index (χ0v) is 15.4. The van der Waals surface area contributed by atoms with Gasteiger partial charge in [0.15, 0.2) is 0 Å². The normalized spacial score (nSPS) is 11.9.